The predicted molar refractivity (Wildman–Crippen MR) is 72.6 cm³/mol. The van der Waals surface area contributed by atoms with Gasteiger partial charge < -0.3 is 0 Å². The minimum atomic E-state index is 0.493. The summed E-state index contributed by atoms with van der Waals surface area (Å²) < 4.78 is 2.06. The van der Waals surface area contributed by atoms with Gasteiger partial charge in [-0.25, -0.2) is 0 Å². The smallest absolute Gasteiger partial charge is 0.0153 e. The molecule has 0 aliphatic heterocycles. The highest BCUT2D eigenvalue weighted by atomic mass is 127. The van der Waals surface area contributed by atoms with Crippen molar-refractivity contribution in [1.82, 2.24) is 0 Å². The van der Waals surface area contributed by atoms with E-state index < -0.39 is 0 Å². The summed E-state index contributed by atoms with van der Waals surface area (Å²) in [5.41, 5.74) is 0.493. The summed E-state index contributed by atoms with van der Waals surface area (Å²) in [6.45, 7) is 7.21. The van der Waals surface area contributed by atoms with E-state index in [1.807, 2.05) is 0 Å². The second kappa shape index (κ2) is 5.34. The zero-order valence-corrected chi connectivity index (χ0v) is 11.6. The third-order valence-corrected chi connectivity index (χ3v) is 3.91. The van der Waals surface area contributed by atoms with E-state index in [1.165, 1.54) is 19.3 Å². The van der Waals surface area contributed by atoms with Gasteiger partial charge in [0.05, 0.1) is 0 Å². The number of hydrogen-bond acceptors (Lipinski definition) is 0. The van der Waals surface area contributed by atoms with Crippen LogP contribution in [0.2, 0.25) is 0 Å². The lowest BCUT2D eigenvalue weighted by molar-refractivity contribution is 0.123. The van der Waals surface area contributed by atoms with E-state index >= 15 is 0 Å². The Kier molecular flexibility index (Phi) is 4.68. The van der Waals surface area contributed by atoms with Gasteiger partial charge in [0.15, 0.2) is 0 Å². The maximum absolute atomic E-state index is 2.41. The van der Waals surface area contributed by atoms with E-state index in [0.717, 1.165) is 11.8 Å². The van der Waals surface area contributed by atoms with Crippen molar-refractivity contribution in [2.45, 2.75) is 40.0 Å². The van der Waals surface area contributed by atoms with Crippen molar-refractivity contribution in [3.05, 3.63) is 22.3 Å². The van der Waals surface area contributed by atoms with Crippen molar-refractivity contribution in [2.24, 2.45) is 17.3 Å². The summed E-state index contributed by atoms with van der Waals surface area (Å²) in [5, 5.41) is 0. The Hall–Kier alpha value is 0.210. The molecule has 0 saturated heterocycles. The van der Waals surface area contributed by atoms with Crippen molar-refractivity contribution in [3.8, 4) is 0 Å². The Morgan fingerprint density at radius 2 is 2.00 bits per heavy atom. The van der Waals surface area contributed by atoms with Crippen LogP contribution in [-0.2, 0) is 0 Å². The maximum atomic E-state index is 2.41. The van der Waals surface area contributed by atoms with Gasteiger partial charge in [-0.2, -0.15) is 0 Å². The average Bonchev–Trinajstić information content (AvgIpc) is 2.09. The molecular formula is C13H21I. The van der Waals surface area contributed by atoms with Crippen LogP contribution in [0.25, 0.3) is 0 Å². The highest BCUT2D eigenvalue weighted by Gasteiger charge is 2.34. The second-order valence-electron chi connectivity index (χ2n) is 5.09. The van der Waals surface area contributed by atoms with Gasteiger partial charge in [0.1, 0.15) is 0 Å². The monoisotopic (exact) mass is 304 g/mol. The van der Waals surface area contributed by atoms with Crippen molar-refractivity contribution in [3.63, 3.8) is 0 Å². The quantitative estimate of drug-likeness (QED) is 0.500. The van der Waals surface area contributed by atoms with Crippen molar-refractivity contribution in [1.29, 1.82) is 0 Å². The Balaban J connectivity index is 2.70. The Morgan fingerprint density at radius 1 is 1.29 bits per heavy atom. The molecule has 0 nitrogen and oxygen atoms in total. The summed E-state index contributed by atoms with van der Waals surface area (Å²) >= 11 is 2.26. The molecule has 1 saturated carbocycles. The van der Waals surface area contributed by atoms with E-state index in [9.17, 15) is 0 Å². The Labute approximate surface area is 102 Å². The molecule has 0 bridgehead atoms. The van der Waals surface area contributed by atoms with E-state index in [-0.39, 0.29) is 0 Å². The molecule has 1 aliphatic rings. The maximum Gasteiger partial charge on any atom is -0.0153 e. The molecule has 2 atom stereocenters. The standard InChI is InChI=1S/C13H21I/c1-11-7-6-9-13(2,3)12(11)8-4-5-10-14/h4-5,8,10-12H,6-7,9H2,1-3H3/b8-4+,10-5-/t11-,12+/m0/s1. The van der Waals surface area contributed by atoms with Crippen LogP contribution in [0, 0.1) is 17.3 Å². The largest absolute Gasteiger partial charge is 0.0806 e. The number of hydrogen-bond donors (Lipinski definition) is 0. The van der Waals surface area contributed by atoms with E-state index in [1.54, 1.807) is 0 Å². The lowest BCUT2D eigenvalue weighted by Crippen LogP contribution is -2.32. The van der Waals surface area contributed by atoms with Crippen LogP contribution in [0.3, 0.4) is 0 Å². The first-order chi connectivity index (χ1) is 6.58. The summed E-state index contributed by atoms with van der Waals surface area (Å²) in [5.74, 6) is 1.60. The van der Waals surface area contributed by atoms with E-state index in [0.29, 0.717) is 5.41 Å². The second-order valence-corrected chi connectivity index (χ2v) is 5.81. The Bertz CT molecular complexity index is 225. The first kappa shape index (κ1) is 12.3. The fourth-order valence-electron chi connectivity index (χ4n) is 2.67. The van der Waals surface area contributed by atoms with Crippen LogP contribution in [0.15, 0.2) is 22.3 Å². The topological polar surface area (TPSA) is 0 Å². The van der Waals surface area contributed by atoms with Gasteiger partial charge in [-0.3, -0.25) is 0 Å². The van der Waals surface area contributed by atoms with Crippen LogP contribution in [0.4, 0.5) is 0 Å². The molecule has 0 aromatic carbocycles. The molecule has 0 unspecified atom stereocenters. The lowest BCUT2D eigenvalue weighted by atomic mass is 9.64. The van der Waals surface area contributed by atoms with E-state index in [2.05, 4.69) is 65.7 Å². The van der Waals surface area contributed by atoms with Crippen molar-refractivity contribution in [2.75, 3.05) is 0 Å². The Morgan fingerprint density at radius 3 is 2.57 bits per heavy atom. The summed E-state index contributed by atoms with van der Waals surface area (Å²) in [7, 11) is 0. The van der Waals surface area contributed by atoms with Crippen LogP contribution >= 0.6 is 22.6 Å². The molecule has 0 radical (unpaired) electrons. The number of rotatable bonds is 2. The fraction of sp³-hybridized carbons (Fsp3) is 0.692. The molecule has 0 aromatic heterocycles. The van der Waals surface area contributed by atoms with Gasteiger partial charge in [-0.05, 0) is 27.8 Å². The van der Waals surface area contributed by atoms with Crippen LogP contribution in [0.1, 0.15) is 40.0 Å². The molecule has 14 heavy (non-hydrogen) atoms. The molecule has 1 heteroatoms. The molecule has 1 aliphatic carbocycles. The first-order valence-electron chi connectivity index (χ1n) is 5.51. The van der Waals surface area contributed by atoms with E-state index in [4.69, 9.17) is 0 Å². The van der Waals surface area contributed by atoms with Gasteiger partial charge in [-0.15, -0.1) is 0 Å². The lowest BCUT2D eigenvalue weighted by Gasteiger charge is -2.41. The zero-order valence-electron chi connectivity index (χ0n) is 9.46. The zero-order chi connectivity index (χ0) is 10.6. The molecule has 0 amide bonds. The minimum absolute atomic E-state index is 0.493. The molecule has 0 heterocycles. The van der Waals surface area contributed by atoms with Crippen molar-refractivity contribution >= 4 is 22.6 Å². The SMILES string of the molecule is C[C@H]1CCCC(C)(C)[C@@H]1/C=C/C=C\I. The number of allylic oxidation sites excluding steroid dienone is 3. The first-order valence-corrected chi connectivity index (χ1v) is 6.76. The molecular weight excluding hydrogens is 283 g/mol. The third-order valence-electron chi connectivity index (χ3n) is 3.50. The summed E-state index contributed by atoms with van der Waals surface area (Å²) in [6, 6.07) is 0. The molecule has 80 valence electrons. The molecule has 0 spiro atoms. The number of halogens is 1. The summed E-state index contributed by atoms with van der Waals surface area (Å²) in [6.07, 6.45) is 10.9. The van der Waals surface area contributed by atoms with Crippen molar-refractivity contribution < 1.29 is 0 Å². The molecule has 1 fully saturated rings. The van der Waals surface area contributed by atoms with Gasteiger partial charge in [0, 0.05) is 0 Å². The third kappa shape index (κ3) is 3.11. The molecule has 0 aromatic rings. The normalized spacial score (nSPS) is 32.9. The van der Waals surface area contributed by atoms with Crippen LogP contribution in [0.5, 0.6) is 0 Å². The van der Waals surface area contributed by atoms with Gasteiger partial charge in [0.25, 0.3) is 0 Å². The average molecular weight is 304 g/mol. The van der Waals surface area contributed by atoms with Gasteiger partial charge in [-0.1, -0.05) is 74.4 Å². The summed E-state index contributed by atoms with van der Waals surface area (Å²) in [4.78, 5) is 0. The minimum Gasteiger partial charge on any atom is -0.0806 e. The molecule has 1 rings (SSSR count). The highest BCUT2D eigenvalue weighted by molar-refractivity contribution is 14.1. The highest BCUT2D eigenvalue weighted by Crippen LogP contribution is 2.44. The van der Waals surface area contributed by atoms with Crippen LogP contribution < -0.4 is 0 Å². The predicted octanol–water partition coefficient (Wildman–Crippen LogP) is 4.95. The van der Waals surface area contributed by atoms with Crippen LogP contribution in [-0.4, -0.2) is 0 Å². The fourth-order valence-corrected chi connectivity index (χ4v) is 2.91. The van der Waals surface area contributed by atoms with Gasteiger partial charge in [0.2, 0.25) is 0 Å². The molecule has 0 N–H and O–H groups in total. The van der Waals surface area contributed by atoms with Gasteiger partial charge >= 0.3 is 0 Å².